The van der Waals surface area contributed by atoms with Crippen LogP contribution in [-0.2, 0) is 0 Å². The van der Waals surface area contributed by atoms with Crippen LogP contribution >= 0.6 is 11.3 Å². The first-order valence-corrected chi connectivity index (χ1v) is 20.2. The molecule has 0 saturated carbocycles. The summed E-state index contributed by atoms with van der Waals surface area (Å²) in [6, 6.07) is 72.5. The normalized spacial score (nSPS) is 11.9. The van der Waals surface area contributed by atoms with E-state index in [2.05, 4.69) is 199 Å². The van der Waals surface area contributed by atoms with E-state index in [9.17, 15) is 0 Å². The van der Waals surface area contributed by atoms with Crippen molar-refractivity contribution in [2.75, 3.05) is 0 Å². The summed E-state index contributed by atoms with van der Waals surface area (Å²) in [5.74, 6) is 0. The minimum absolute atomic E-state index is 0.917. The Hall–Kier alpha value is -7.20. The summed E-state index contributed by atoms with van der Waals surface area (Å²) >= 11 is 1.88. The molecule has 2 nitrogen and oxygen atoms in total. The second kappa shape index (κ2) is 12.7. The first kappa shape index (κ1) is 32.1. The number of hydrogen-bond acceptors (Lipinski definition) is 2. The number of rotatable bonds is 5. The summed E-state index contributed by atoms with van der Waals surface area (Å²) in [7, 11) is 0. The van der Waals surface area contributed by atoms with Crippen LogP contribution in [0.1, 0.15) is 0 Å². The number of aromatic nitrogens is 1. The average Bonchev–Trinajstić information content (AvgIpc) is 3.96. The van der Waals surface area contributed by atoms with Gasteiger partial charge in [0.25, 0.3) is 0 Å². The van der Waals surface area contributed by atoms with Gasteiger partial charge in [0.1, 0.15) is 11.2 Å². The third-order valence-electron chi connectivity index (χ3n) is 11.7. The van der Waals surface area contributed by atoms with Gasteiger partial charge in [0.2, 0.25) is 0 Å². The summed E-state index contributed by atoms with van der Waals surface area (Å²) in [6.07, 6.45) is 0. The van der Waals surface area contributed by atoms with Crippen LogP contribution in [0.2, 0.25) is 0 Å². The Bertz CT molecular complexity index is 3530. The van der Waals surface area contributed by atoms with E-state index < -0.39 is 0 Å². The second-order valence-corrected chi connectivity index (χ2v) is 15.8. The maximum absolute atomic E-state index is 6.54. The van der Waals surface area contributed by atoms with Gasteiger partial charge in [0.15, 0.2) is 0 Å². The van der Waals surface area contributed by atoms with Gasteiger partial charge in [0.05, 0.1) is 16.7 Å². The molecule has 0 saturated heterocycles. The Kier molecular flexibility index (Phi) is 7.13. The summed E-state index contributed by atoms with van der Waals surface area (Å²) in [4.78, 5) is 0. The third kappa shape index (κ3) is 4.89. The number of thiophene rings is 1. The molecule has 0 aliphatic rings. The first-order valence-electron chi connectivity index (χ1n) is 19.4. The van der Waals surface area contributed by atoms with E-state index in [0.717, 1.165) is 33.2 Å². The molecule has 3 heteroatoms. The van der Waals surface area contributed by atoms with Crippen LogP contribution in [-0.4, -0.2) is 4.57 Å². The molecule has 12 aromatic rings. The van der Waals surface area contributed by atoms with Crippen LogP contribution in [0.3, 0.4) is 0 Å². The third-order valence-corrected chi connectivity index (χ3v) is 12.9. The molecule has 0 N–H and O–H groups in total. The predicted octanol–water partition coefficient (Wildman–Crippen LogP) is 15.7. The van der Waals surface area contributed by atoms with Gasteiger partial charge in [-0.1, -0.05) is 170 Å². The number of furan rings is 1. The second-order valence-electron chi connectivity index (χ2n) is 14.8. The highest BCUT2D eigenvalue weighted by molar-refractivity contribution is 7.26. The lowest BCUT2D eigenvalue weighted by Gasteiger charge is -2.17. The quantitative estimate of drug-likeness (QED) is 0.172. The van der Waals surface area contributed by atoms with Gasteiger partial charge < -0.3 is 8.98 Å². The lowest BCUT2D eigenvalue weighted by Crippen LogP contribution is -1.98. The Labute approximate surface area is 333 Å². The van der Waals surface area contributed by atoms with Crippen molar-refractivity contribution in [1.82, 2.24) is 4.57 Å². The molecule has 12 rings (SSSR count). The monoisotopic (exact) mass is 743 g/mol. The molecule has 0 aliphatic carbocycles. The molecule has 9 aromatic carbocycles. The lowest BCUT2D eigenvalue weighted by molar-refractivity contribution is 0.670. The standard InChI is InChI=1S/C54H33NOS/c1-2-15-34(16-3-1)35-31-32-50-47(33-35)39-20-7-10-29-49(39)55(50)48-28-9-6-19-38(48)36-17-4-5-18-37(36)43-24-13-26-45-46-27-14-25-44(54(46)57-53(43)45)42-23-12-22-41-40-21-8-11-30-51(40)56-52(41)42/h1-33H. The Morgan fingerprint density at radius 1 is 0.333 bits per heavy atom. The van der Waals surface area contributed by atoms with E-state index in [-0.39, 0.29) is 0 Å². The van der Waals surface area contributed by atoms with E-state index in [1.54, 1.807) is 0 Å². The van der Waals surface area contributed by atoms with E-state index in [1.165, 1.54) is 80.9 Å². The van der Waals surface area contributed by atoms with Crippen LogP contribution < -0.4 is 0 Å². The largest absolute Gasteiger partial charge is 0.455 e. The summed E-state index contributed by atoms with van der Waals surface area (Å²) in [5.41, 5.74) is 15.0. The van der Waals surface area contributed by atoms with Crippen molar-refractivity contribution in [2.24, 2.45) is 0 Å². The molecular formula is C54H33NOS. The summed E-state index contributed by atoms with van der Waals surface area (Å²) in [6.45, 7) is 0. The molecule has 0 atom stereocenters. The van der Waals surface area contributed by atoms with Crippen LogP contribution in [0, 0.1) is 0 Å². The molecule has 0 unspecified atom stereocenters. The average molecular weight is 744 g/mol. The van der Waals surface area contributed by atoms with Crippen molar-refractivity contribution in [1.29, 1.82) is 0 Å². The zero-order chi connectivity index (χ0) is 37.5. The van der Waals surface area contributed by atoms with Crippen molar-refractivity contribution in [3.05, 3.63) is 200 Å². The highest BCUT2D eigenvalue weighted by Crippen LogP contribution is 2.48. The zero-order valence-electron chi connectivity index (χ0n) is 30.8. The van der Waals surface area contributed by atoms with Crippen LogP contribution in [0.25, 0.3) is 114 Å². The first-order chi connectivity index (χ1) is 28.3. The molecular weight excluding hydrogens is 711 g/mol. The maximum Gasteiger partial charge on any atom is 0.143 e. The molecule has 266 valence electrons. The number of nitrogens with zero attached hydrogens (tertiary/aromatic N) is 1. The van der Waals surface area contributed by atoms with Gasteiger partial charge in [-0.15, -0.1) is 11.3 Å². The Balaban J connectivity index is 1.06. The molecule has 3 heterocycles. The molecule has 0 bridgehead atoms. The van der Waals surface area contributed by atoms with E-state index in [4.69, 9.17) is 4.42 Å². The van der Waals surface area contributed by atoms with Gasteiger partial charge >= 0.3 is 0 Å². The molecule has 0 fully saturated rings. The fourth-order valence-electron chi connectivity index (χ4n) is 9.10. The molecule has 0 spiro atoms. The summed E-state index contributed by atoms with van der Waals surface area (Å²) in [5, 5.41) is 7.33. The van der Waals surface area contributed by atoms with Crippen molar-refractivity contribution in [3.8, 4) is 50.2 Å². The fraction of sp³-hybridized carbons (Fsp3) is 0. The summed E-state index contributed by atoms with van der Waals surface area (Å²) < 4.78 is 11.6. The van der Waals surface area contributed by atoms with Crippen LogP contribution in [0.4, 0.5) is 0 Å². The minimum atomic E-state index is 0.917. The Morgan fingerprint density at radius 2 is 0.877 bits per heavy atom. The minimum Gasteiger partial charge on any atom is -0.455 e. The van der Waals surface area contributed by atoms with Crippen molar-refractivity contribution < 1.29 is 4.42 Å². The van der Waals surface area contributed by atoms with Gasteiger partial charge in [-0.2, -0.15) is 0 Å². The van der Waals surface area contributed by atoms with Gasteiger partial charge in [-0.25, -0.2) is 0 Å². The van der Waals surface area contributed by atoms with Crippen LogP contribution in [0.15, 0.2) is 205 Å². The van der Waals surface area contributed by atoms with Crippen LogP contribution in [0.5, 0.6) is 0 Å². The topological polar surface area (TPSA) is 18.1 Å². The molecule has 0 aliphatic heterocycles. The number of benzene rings is 9. The molecule has 57 heavy (non-hydrogen) atoms. The van der Waals surface area contributed by atoms with E-state index in [1.807, 2.05) is 17.4 Å². The fourth-order valence-corrected chi connectivity index (χ4v) is 10.5. The van der Waals surface area contributed by atoms with Crippen molar-refractivity contribution in [2.45, 2.75) is 0 Å². The molecule has 0 radical (unpaired) electrons. The zero-order valence-corrected chi connectivity index (χ0v) is 31.6. The molecule has 0 amide bonds. The van der Waals surface area contributed by atoms with Crippen molar-refractivity contribution >= 4 is 75.3 Å². The van der Waals surface area contributed by atoms with E-state index in [0.29, 0.717) is 0 Å². The number of hydrogen-bond donors (Lipinski definition) is 0. The SMILES string of the molecule is c1ccc(-c2ccc3c(c2)c2ccccc2n3-c2ccccc2-c2ccccc2-c2cccc3c2sc2c(-c4cccc5c4oc4ccccc45)cccc23)cc1. The maximum atomic E-state index is 6.54. The van der Waals surface area contributed by atoms with Crippen molar-refractivity contribution in [3.63, 3.8) is 0 Å². The van der Waals surface area contributed by atoms with Gasteiger partial charge in [-0.3, -0.25) is 0 Å². The lowest BCUT2D eigenvalue weighted by atomic mass is 9.92. The highest BCUT2D eigenvalue weighted by atomic mass is 32.1. The van der Waals surface area contributed by atoms with E-state index >= 15 is 0 Å². The molecule has 3 aromatic heterocycles. The smallest absolute Gasteiger partial charge is 0.143 e. The number of para-hydroxylation sites is 4. The predicted molar refractivity (Wildman–Crippen MR) is 243 cm³/mol. The van der Waals surface area contributed by atoms with Gasteiger partial charge in [-0.05, 0) is 52.6 Å². The highest BCUT2D eigenvalue weighted by Gasteiger charge is 2.21. The number of fused-ring (bicyclic) bond motifs is 9. The van der Waals surface area contributed by atoms with Gasteiger partial charge in [0, 0.05) is 64.0 Å². The Morgan fingerprint density at radius 3 is 1.67 bits per heavy atom.